The van der Waals surface area contributed by atoms with Gasteiger partial charge in [-0.2, -0.15) is 0 Å². The fourth-order valence-corrected chi connectivity index (χ4v) is 5.20. The Balaban J connectivity index is 1.51. The van der Waals surface area contributed by atoms with Gasteiger partial charge in [0, 0.05) is 56.2 Å². The molecule has 0 unspecified atom stereocenters. The number of allylic oxidation sites excluding steroid dienone is 5. The summed E-state index contributed by atoms with van der Waals surface area (Å²) in [6, 6.07) is 7.55. The summed E-state index contributed by atoms with van der Waals surface area (Å²) in [6.45, 7) is 12.7. The minimum atomic E-state index is -0.101. The van der Waals surface area contributed by atoms with Crippen molar-refractivity contribution >= 4 is 28.8 Å². The van der Waals surface area contributed by atoms with E-state index in [4.69, 9.17) is 32.5 Å². The van der Waals surface area contributed by atoms with Crippen LogP contribution in [0.15, 0.2) is 96.4 Å². The van der Waals surface area contributed by atoms with Crippen molar-refractivity contribution in [3.8, 4) is 11.5 Å². The first-order valence-corrected chi connectivity index (χ1v) is 15.5. The second-order valence-electron chi connectivity index (χ2n) is 11.4. The number of nitrogens with zero attached hydrogens (tertiary/aromatic N) is 2. The maximum atomic E-state index is 12.3. The summed E-state index contributed by atoms with van der Waals surface area (Å²) in [7, 11) is 4.93. The van der Waals surface area contributed by atoms with Crippen LogP contribution in [0.2, 0.25) is 5.02 Å². The van der Waals surface area contributed by atoms with Crippen molar-refractivity contribution in [1.29, 1.82) is 0 Å². The largest absolute Gasteiger partial charge is 0.495 e. The van der Waals surface area contributed by atoms with Crippen LogP contribution in [0, 0.1) is 11.8 Å². The maximum Gasteiger partial charge on any atom is 0.228 e. The van der Waals surface area contributed by atoms with Crippen LogP contribution >= 0.6 is 11.6 Å². The number of hydrogen-bond donors (Lipinski definition) is 5. The molecule has 1 aliphatic carbocycles. The molecule has 2 aliphatic rings. The number of carbonyl (C=O) groups is 1. The Morgan fingerprint density at radius 1 is 1.17 bits per heavy atom. The van der Waals surface area contributed by atoms with Gasteiger partial charge in [-0.15, -0.1) is 0 Å². The van der Waals surface area contributed by atoms with E-state index in [0.29, 0.717) is 51.8 Å². The van der Waals surface area contributed by atoms with Gasteiger partial charge in [-0.3, -0.25) is 14.7 Å². The number of likely N-dealkylation sites (N-methyl/N-ethyl adjacent to an activating group) is 1. The van der Waals surface area contributed by atoms with E-state index in [1.165, 1.54) is 5.57 Å². The van der Waals surface area contributed by atoms with Crippen LogP contribution in [-0.4, -0.2) is 50.1 Å². The van der Waals surface area contributed by atoms with Gasteiger partial charge in [0.25, 0.3) is 0 Å². The van der Waals surface area contributed by atoms with Crippen LogP contribution in [-0.2, 0) is 11.3 Å². The molecule has 0 bridgehead atoms. The number of amides is 1. The summed E-state index contributed by atoms with van der Waals surface area (Å²) in [5, 5.41) is 9.65. The van der Waals surface area contributed by atoms with Crippen LogP contribution in [0.3, 0.4) is 0 Å². The van der Waals surface area contributed by atoms with Gasteiger partial charge in [0.2, 0.25) is 5.91 Å². The molecule has 1 aliphatic heterocycles. The molecule has 244 valence electrons. The van der Waals surface area contributed by atoms with Crippen molar-refractivity contribution in [3.05, 3.63) is 113 Å². The lowest BCUT2D eigenvalue weighted by molar-refractivity contribution is -0.121. The number of hydrogen-bond acceptors (Lipinski definition) is 9. The van der Waals surface area contributed by atoms with Crippen molar-refractivity contribution < 1.29 is 14.3 Å². The number of nitrogens with one attached hydrogen (secondary N) is 3. The third-order valence-electron chi connectivity index (χ3n) is 8.08. The molecule has 4 rings (SSSR count). The Morgan fingerprint density at radius 3 is 2.52 bits per heavy atom. The molecule has 0 spiro atoms. The maximum absolute atomic E-state index is 12.3. The molecular weight excluding hydrogens is 602 g/mol. The van der Waals surface area contributed by atoms with E-state index in [2.05, 4.69) is 52.0 Å². The molecule has 0 atom stereocenters. The molecule has 1 aromatic carbocycles. The third kappa shape index (κ3) is 8.52. The average Bonchev–Trinajstić information content (AvgIpc) is 3.88. The zero-order valence-electron chi connectivity index (χ0n) is 27.0. The zero-order valence-corrected chi connectivity index (χ0v) is 27.7. The van der Waals surface area contributed by atoms with Gasteiger partial charge < -0.3 is 36.9 Å². The Labute approximate surface area is 276 Å². The first-order chi connectivity index (χ1) is 22.1. The summed E-state index contributed by atoms with van der Waals surface area (Å²) < 4.78 is 11.1. The van der Waals surface area contributed by atoms with E-state index in [-0.39, 0.29) is 17.6 Å². The first-order valence-electron chi connectivity index (χ1n) is 15.1. The molecule has 46 heavy (non-hydrogen) atoms. The highest BCUT2D eigenvalue weighted by atomic mass is 35.5. The fraction of sp³-hybridized carbons (Fsp3) is 0.314. The van der Waals surface area contributed by atoms with Crippen LogP contribution in [0.25, 0.3) is 5.57 Å². The number of aromatic nitrogens is 1. The van der Waals surface area contributed by atoms with Crippen molar-refractivity contribution in [3.63, 3.8) is 0 Å². The fourth-order valence-electron chi connectivity index (χ4n) is 4.99. The van der Waals surface area contributed by atoms with Crippen molar-refractivity contribution in [1.82, 2.24) is 20.5 Å². The number of anilines is 1. The molecule has 7 N–H and O–H groups in total. The molecular formula is C35H44ClN7O3. The molecule has 1 amide bonds. The van der Waals surface area contributed by atoms with Gasteiger partial charge in [0.05, 0.1) is 53.9 Å². The Kier molecular flexibility index (Phi) is 11.6. The predicted octanol–water partition coefficient (Wildman–Crippen LogP) is 5.04. The van der Waals surface area contributed by atoms with Crippen molar-refractivity contribution in [2.24, 2.45) is 23.3 Å². The van der Waals surface area contributed by atoms with E-state index in [1.54, 1.807) is 45.7 Å². The monoisotopic (exact) mass is 645 g/mol. The highest BCUT2D eigenvalue weighted by Gasteiger charge is 2.30. The number of methoxy groups -OCH3 is 2. The van der Waals surface area contributed by atoms with E-state index in [9.17, 15) is 4.79 Å². The standard InChI is InChI=1S/C35H44ClN7O3/c1-7-23(12-11-21(2)25-18-43(19-25)20-31-28(36)15-26(45-5)17-40-31)27-9-8-10-29(34(27)46-6)41-30(33(38)22(3)39-4)16-32(37)42-35(44)24-13-14-24/h7-12,15-17,24-25,39,41H,1,3,13-14,18-20,37-38H2,2,4-6H3,(H,42,44)/b21-11+,23-12+,32-16+,33-30+. The summed E-state index contributed by atoms with van der Waals surface area (Å²) >= 11 is 6.39. The van der Waals surface area contributed by atoms with Crippen LogP contribution in [0.5, 0.6) is 11.5 Å². The van der Waals surface area contributed by atoms with Gasteiger partial charge in [-0.05, 0) is 31.4 Å². The van der Waals surface area contributed by atoms with E-state index >= 15 is 0 Å². The molecule has 1 saturated carbocycles. The smallest absolute Gasteiger partial charge is 0.228 e. The topological polar surface area (TPSA) is 140 Å². The Hall–Kier alpha value is -4.67. The molecule has 2 aromatic rings. The molecule has 10 nitrogen and oxygen atoms in total. The van der Waals surface area contributed by atoms with Crippen LogP contribution in [0.4, 0.5) is 5.69 Å². The molecule has 0 radical (unpaired) electrons. The van der Waals surface area contributed by atoms with Gasteiger partial charge in [0.15, 0.2) is 0 Å². The summed E-state index contributed by atoms with van der Waals surface area (Å²) in [4.78, 5) is 19.0. The number of para-hydroxylation sites is 1. The molecule has 1 aromatic heterocycles. The Morgan fingerprint density at radius 2 is 1.91 bits per heavy atom. The number of halogens is 1. The number of likely N-dealkylation sites (tertiary alicyclic amines) is 1. The summed E-state index contributed by atoms with van der Waals surface area (Å²) in [5.41, 5.74) is 18.4. The zero-order chi connectivity index (χ0) is 33.4. The van der Waals surface area contributed by atoms with Crippen molar-refractivity contribution in [2.45, 2.75) is 26.3 Å². The predicted molar refractivity (Wildman–Crippen MR) is 186 cm³/mol. The van der Waals surface area contributed by atoms with E-state index in [1.807, 2.05) is 24.3 Å². The Bertz CT molecular complexity index is 1600. The number of carbonyl (C=O) groups excluding carboxylic acids is 1. The first kappa shape index (κ1) is 34.2. The molecule has 2 fully saturated rings. The third-order valence-corrected chi connectivity index (χ3v) is 8.41. The van der Waals surface area contributed by atoms with Gasteiger partial charge in [-0.25, -0.2) is 0 Å². The second-order valence-corrected chi connectivity index (χ2v) is 11.8. The van der Waals surface area contributed by atoms with Crippen LogP contribution in [0.1, 0.15) is 31.0 Å². The highest BCUT2D eigenvalue weighted by molar-refractivity contribution is 6.31. The number of pyridine rings is 1. The quantitative estimate of drug-likeness (QED) is 0.169. The highest BCUT2D eigenvalue weighted by Crippen LogP contribution is 2.36. The normalized spacial score (nSPS) is 16.6. The minimum Gasteiger partial charge on any atom is -0.495 e. The molecule has 11 heteroatoms. The van der Waals surface area contributed by atoms with Crippen LogP contribution < -0.4 is 36.9 Å². The minimum absolute atomic E-state index is 0.00881. The summed E-state index contributed by atoms with van der Waals surface area (Å²) in [5.74, 6) is 1.74. The second kappa shape index (κ2) is 15.6. The molecule has 1 saturated heterocycles. The molecule has 2 heterocycles. The van der Waals surface area contributed by atoms with E-state index in [0.717, 1.165) is 42.8 Å². The lowest BCUT2D eigenvalue weighted by Gasteiger charge is -2.39. The SMILES string of the molecule is C=C/C(=C\C=C(/C)C1CN(Cc2ncc(OC)cc2Cl)C1)c1cccc(NC(/C=C(\N)NC(=O)C2CC2)=C(/N)C(=C)NC)c1OC. The van der Waals surface area contributed by atoms with E-state index < -0.39 is 0 Å². The average molecular weight is 646 g/mol. The number of benzene rings is 1. The number of rotatable bonds is 15. The summed E-state index contributed by atoms with van der Waals surface area (Å²) in [6.07, 6.45) is 11.0. The van der Waals surface area contributed by atoms with Gasteiger partial charge >= 0.3 is 0 Å². The lowest BCUT2D eigenvalue weighted by atomic mass is 9.91. The lowest BCUT2D eigenvalue weighted by Crippen LogP contribution is -2.46. The van der Waals surface area contributed by atoms with Gasteiger partial charge in [-0.1, -0.05) is 60.7 Å². The van der Waals surface area contributed by atoms with Gasteiger partial charge in [0.1, 0.15) is 17.3 Å². The van der Waals surface area contributed by atoms with Crippen molar-refractivity contribution in [2.75, 3.05) is 39.7 Å². The number of nitrogens with two attached hydrogens (primary N) is 2. The number of ether oxygens (including phenoxy) is 2.